The van der Waals surface area contributed by atoms with Crippen molar-refractivity contribution in [2.24, 2.45) is 0 Å². The van der Waals surface area contributed by atoms with Crippen molar-refractivity contribution in [2.45, 2.75) is 38.6 Å². The van der Waals surface area contributed by atoms with Gasteiger partial charge in [0.05, 0.1) is 10.2 Å². The summed E-state index contributed by atoms with van der Waals surface area (Å²) in [7, 11) is 0. The van der Waals surface area contributed by atoms with E-state index in [1.165, 1.54) is 0 Å². The van der Waals surface area contributed by atoms with Gasteiger partial charge in [-0.25, -0.2) is 4.98 Å². The molecule has 3 aromatic rings. The Morgan fingerprint density at radius 2 is 2.21 bits per heavy atom. The third kappa shape index (κ3) is 4.04. The quantitative estimate of drug-likeness (QED) is 0.713. The number of nitrogens with one attached hydrogen (secondary N) is 2. The van der Waals surface area contributed by atoms with Gasteiger partial charge in [-0.05, 0) is 60.9 Å². The number of nitrogens with zero attached hydrogens (tertiary/aromatic N) is 2. The number of rotatable bonds is 4. The Bertz CT molecular complexity index is 1010. The highest BCUT2D eigenvalue weighted by Gasteiger charge is 2.24. The first-order valence-electron chi connectivity index (χ1n) is 9.47. The zero-order chi connectivity index (χ0) is 19.5. The first-order chi connectivity index (χ1) is 13.6. The van der Waals surface area contributed by atoms with Crippen molar-refractivity contribution >= 4 is 33.4 Å². The molecular weight excluding hydrogens is 372 g/mol. The molecule has 0 aromatic carbocycles. The van der Waals surface area contributed by atoms with E-state index in [0.29, 0.717) is 25.1 Å². The van der Waals surface area contributed by atoms with Crippen molar-refractivity contribution in [2.75, 3.05) is 6.54 Å². The fourth-order valence-corrected chi connectivity index (χ4v) is 4.25. The average Bonchev–Trinajstić information content (AvgIpc) is 3.08. The van der Waals surface area contributed by atoms with E-state index in [0.717, 1.165) is 39.9 Å². The Labute approximate surface area is 167 Å². The van der Waals surface area contributed by atoms with Crippen molar-refractivity contribution in [3.8, 4) is 0 Å². The highest BCUT2D eigenvalue weighted by molar-refractivity contribution is 7.17. The van der Waals surface area contributed by atoms with Crippen LogP contribution in [-0.2, 0) is 11.2 Å². The second-order valence-corrected chi connectivity index (χ2v) is 8.02. The minimum atomic E-state index is -0.500. The van der Waals surface area contributed by atoms with Gasteiger partial charge >= 0.3 is 0 Å². The van der Waals surface area contributed by atoms with Crippen molar-refractivity contribution in [3.05, 3.63) is 58.4 Å². The Morgan fingerprint density at radius 1 is 1.32 bits per heavy atom. The summed E-state index contributed by atoms with van der Waals surface area (Å²) in [5, 5.41) is 7.69. The van der Waals surface area contributed by atoms with Crippen LogP contribution >= 0.6 is 11.3 Å². The number of pyridine rings is 2. The lowest BCUT2D eigenvalue weighted by molar-refractivity contribution is -0.122. The van der Waals surface area contributed by atoms with Crippen LogP contribution in [0.15, 0.2) is 35.8 Å². The molecule has 6 nitrogen and oxygen atoms in total. The van der Waals surface area contributed by atoms with Gasteiger partial charge < -0.3 is 10.6 Å². The molecule has 28 heavy (non-hydrogen) atoms. The number of carbonyl (C=O) groups excluding carboxylic acids is 2. The van der Waals surface area contributed by atoms with E-state index in [4.69, 9.17) is 0 Å². The molecule has 0 aliphatic carbocycles. The van der Waals surface area contributed by atoms with Crippen molar-refractivity contribution in [1.29, 1.82) is 0 Å². The largest absolute Gasteiger partial charge is 0.354 e. The average molecular weight is 395 g/mol. The molecule has 7 heteroatoms. The summed E-state index contributed by atoms with van der Waals surface area (Å²) in [5.41, 5.74) is 4.25. The zero-order valence-electron chi connectivity index (χ0n) is 15.7. The minimum absolute atomic E-state index is 0.117. The Kier molecular flexibility index (Phi) is 5.34. The third-order valence-electron chi connectivity index (χ3n) is 4.93. The van der Waals surface area contributed by atoms with Crippen LogP contribution in [-0.4, -0.2) is 34.4 Å². The number of carbonyl (C=O) groups is 2. The molecule has 2 N–H and O–H groups in total. The summed E-state index contributed by atoms with van der Waals surface area (Å²) in [5.74, 6) is -0.424. The van der Waals surface area contributed by atoms with Gasteiger partial charge in [0.2, 0.25) is 5.91 Å². The number of hydrogen-bond donors (Lipinski definition) is 2. The molecule has 1 fully saturated rings. The maximum Gasteiger partial charge on any atom is 0.270 e. The Morgan fingerprint density at radius 3 is 3.04 bits per heavy atom. The second-order valence-electron chi connectivity index (χ2n) is 7.10. The second kappa shape index (κ2) is 8.06. The number of aromatic nitrogens is 2. The lowest BCUT2D eigenvalue weighted by Gasteiger charge is -2.15. The van der Waals surface area contributed by atoms with Gasteiger partial charge in [-0.1, -0.05) is 6.07 Å². The molecule has 4 heterocycles. The molecule has 0 spiro atoms. The lowest BCUT2D eigenvalue weighted by Crippen LogP contribution is -2.45. The smallest absolute Gasteiger partial charge is 0.270 e. The molecule has 1 aliphatic rings. The standard InChI is InChI=1S/C21H22N4O2S/c1-13-5-6-14(12-23-13)10-15-11-18(24-16-7-9-28-19(15)16)21(27)25-17-4-2-3-8-22-20(17)26/h5-7,9,11-12,17H,2-4,8,10H2,1H3,(H,22,26)(H,25,27). The first-order valence-corrected chi connectivity index (χ1v) is 10.4. The molecular formula is C21H22N4O2S. The van der Waals surface area contributed by atoms with E-state index in [-0.39, 0.29) is 11.8 Å². The van der Waals surface area contributed by atoms with E-state index in [9.17, 15) is 9.59 Å². The first kappa shape index (κ1) is 18.6. The van der Waals surface area contributed by atoms with Gasteiger partial charge in [0.1, 0.15) is 11.7 Å². The molecule has 144 valence electrons. The summed E-state index contributed by atoms with van der Waals surface area (Å²) in [4.78, 5) is 33.8. The SMILES string of the molecule is Cc1ccc(Cc2cc(C(=O)NC3CCCCNC3=O)nc3ccsc23)cn1. The molecule has 1 aliphatic heterocycles. The van der Waals surface area contributed by atoms with Gasteiger partial charge in [0.15, 0.2) is 0 Å². The van der Waals surface area contributed by atoms with E-state index >= 15 is 0 Å². The summed E-state index contributed by atoms with van der Waals surface area (Å²) >= 11 is 1.62. The summed E-state index contributed by atoms with van der Waals surface area (Å²) in [6.45, 7) is 2.62. The maximum atomic E-state index is 12.8. The van der Waals surface area contributed by atoms with Gasteiger partial charge in [-0.2, -0.15) is 0 Å². The van der Waals surface area contributed by atoms with Crippen LogP contribution in [0.2, 0.25) is 0 Å². The van der Waals surface area contributed by atoms with Gasteiger partial charge in [0, 0.05) is 24.9 Å². The van der Waals surface area contributed by atoms with Gasteiger partial charge in [-0.15, -0.1) is 11.3 Å². The molecule has 2 amide bonds. The molecule has 3 aromatic heterocycles. The molecule has 1 saturated heterocycles. The normalized spacial score (nSPS) is 17.2. The zero-order valence-corrected chi connectivity index (χ0v) is 16.5. The number of amides is 2. The third-order valence-corrected chi connectivity index (χ3v) is 5.91. The monoisotopic (exact) mass is 394 g/mol. The van der Waals surface area contributed by atoms with Crippen molar-refractivity contribution < 1.29 is 9.59 Å². The predicted octanol–water partition coefficient (Wildman–Crippen LogP) is 2.99. The lowest BCUT2D eigenvalue weighted by atomic mass is 10.1. The van der Waals surface area contributed by atoms with Crippen LogP contribution in [0.4, 0.5) is 0 Å². The highest BCUT2D eigenvalue weighted by Crippen LogP contribution is 2.26. The highest BCUT2D eigenvalue weighted by atomic mass is 32.1. The van der Waals surface area contributed by atoms with Crippen LogP contribution in [0.25, 0.3) is 10.2 Å². The minimum Gasteiger partial charge on any atom is -0.354 e. The topological polar surface area (TPSA) is 84.0 Å². The molecule has 4 rings (SSSR count). The number of fused-ring (bicyclic) bond motifs is 1. The number of thiophene rings is 1. The Balaban J connectivity index is 1.61. The molecule has 0 bridgehead atoms. The van der Waals surface area contributed by atoms with E-state index in [1.54, 1.807) is 11.3 Å². The molecule has 1 atom stereocenters. The van der Waals surface area contributed by atoms with Crippen LogP contribution in [0, 0.1) is 6.92 Å². The molecule has 1 unspecified atom stereocenters. The van der Waals surface area contributed by atoms with E-state index in [2.05, 4.69) is 26.7 Å². The van der Waals surface area contributed by atoms with Crippen molar-refractivity contribution in [1.82, 2.24) is 20.6 Å². The fourth-order valence-electron chi connectivity index (χ4n) is 3.40. The number of aryl methyl sites for hydroxylation is 1. The van der Waals surface area contributed by atoms with Crippen LogP contribution < -0.4 is 10.6 Å². The van der Waals surface area contributed by atoms with E-state index < -0.39 is 6.04 Å². The van der Waals surface area contributed by atoms with E-state index in [1.807, 2.05) is 36.7 Å². The summed E-state index contributed by atoms with van der Waals surface area (Å²) in [6.07, 6.45) is 5.04. The van der Waals surface area contributed by atoms with Gasteiger partial charge in [0.25, 0.3) is 5.91 Å². The summed E-state index contributed by atoms with van der Waals surface area (Å²) in [6, 6.07) is 7.30. The van der Waals surface area contributed by atoms with Crippen LogP contribution in [0.1, 0.15) is 46.6 Å². The maximum absolute atomic E-state index is 12.8. The molecule has 0 radical (unpaired) electrons. The van der Waals surface area contributed by atoms with Crippen molar-refractivity contribution in [3.63, 3.8) is 0 Å². The number of hydrogen-bond acceptors (Lipinski definition) is 5. The van der Waals surface area contributed by atoms with Gasteiger partial charge in [-0.3, -0.25) is 14.6 Å². The molecule has 0 saturated carbocycles. The fraction of sp³-hybridized carbons (Fsp3) is 0.333. The van der Waals surface area contributed by atoms with Crippen LogP contribution in [0.3, 0.4) is 0 Å². The van der Waals surface area contributed by atoms with Crippen LogP contribution in [0.5, 0.6) is 0 Å². The summed E-state index contributed by atoms with van der Waals surface area (Å²) < 4.78 is 1.07. The predicted molar refractivity (Wildman–Crippen MR) is 110 cm³/mol. The Hall–Kier alpha value is -2.80.